The lowest BCUT2D eigenvalue weighted by atomic mass is 9.99. The van der Waals surface area contributed by atoms with Gasteiger partial charge in [-0.15, -0.1) is 11.3 Å². The zero-order valence-electron chi connectivity index (χ0n) is 22.1. The number of thiophene rings is 1. The van der Waals surface area contributed by atoms with Crippen LogP contribution in [-0.2, 0) is 22.4 Å². The zero-order chi connectivity index (χ0) is 27.2. The van der Waals surface area contributed by atoms with Gasteiger partial charge in [0.1, 0.15) is 6.23 Å². The van der Waals surface area contributed by atoms with Gasteiger partial charge in [0.15, 0.2) is 6.04 Å². The lowest BCUT2D eigenvalue weighted by Crippen LogP contribution is -2.68. The molecule has 37 heavy (non-hydrogen) atoms. The van der Waals surface area contributed by atoms with Gasteiger partial charge >= 0.3 is 5.91 Å². The van der Waals surface area contributed by atoms with Gasteiger partial charge in [0.05, 0.1) is 6.04 Å². The molecule has 7 nitrogen and oxygen atoms in total. The van der Waals surface area contributed by atoms with Crippen LogP contribution in [0.1, 0.15) is 31.4 Å². The molecule has 0 aliphatic carbocycles. The monoisotopic (exact) mass is 523 g/mol. The standard InChI is InChI=1S/C29H38N4O3S/c1-29(2,31)16-10-15-26(34)32(3)24(18-21-19-37-25-14-9-8-13-22(21)25)28(36)33(4)23(27(30)35)17-20-11-6-5-7-12-20/h5-15,19,23-24,26,34H,16-18,31H2,1-4H3,(H2,30,35)/p+1. The van der Waals surface area contributed by atoms with Crippen molar-refractivity contribution in [3.63, 3.8) is 0 Å². The van der Waals surface area contributed by atoms with Crippen LogP contribution in [0.2, 0.25) is 0 Å². The van der Waals surface area contributed by atoms with Crippen LogP contribution in [0.15, 0.2) is 72.1 Å². The first-order chi connectivity index (χ1) is 17.5. The minimum Gasteiger partial charge on any atom is -0.375 e. The Morgan fingerprint density at radius 2 is 1.70 bits per heavy atom. The van der Waals surface area contributed by atoms with E-state index in [2.05, 4.69) is 17.2 Å². The Bertz CT molecular complexity index is 1220. The molecular formula is C29H39N4O3S+. The number of quaternary nitrogens is 1. The van der Waals surface area contributed by atoms with E-state index in [1.54, 1.807) is 36.4 Å². The molecule has 0 aliphatic heterocycles. The fourth-order valence-corrected chi connectivity index (χ4v) is 5.29. The van der Waals surface area contributed by atoms with Gasteiger partial charge in [0.25, 0.3) is 0 Å². The summed E-state index contributed by atoms with van der Waals surface area (Å²) in [5, 5.41) is 14.1. The van der Waals surface area contributed by atoms with E-state index < -0.39 is 23.9 Å². The van der Waals surface area contributed by atoms with Crippen molar-refractivity contribution in [3.05, 3.63) is 83.3 Å². The van der Waals surface area contributed by atoms with Crippen LogP contribution >= 0.6 is 11.3 Å². The van der Waals surface area contributed by atoms with Gasteiger partial charge in [0.2, 0.25) is 5.91 Å². The molecule has 1 heterocycles. The lowest BCUT2D eigenvalue weighted by molar-refractivity contribution is -0.311. The number of hydrogen-bond acceptors (Lipinski definition) is 6. The second-order valence-electron chi connectivity index (χ2n) is 10.3. The maximum atomic E-state index is 14.0. The molecule has 3 unspecified atom stereocenters. The number of nitrogens with zero attached hydrogens (tertiary/aromatic N) is 2. The molecule has 0 spiro atoms. The Kier molecular flexibility index (Phi) is 9.75. The first-order valence-corrected chi connectivity index (χ1v) is 13.3. The van der Waals surface area contributed by atoms with Crippen molar-refractivity contribution in [2.24, 2.45) is 5.73 Å². The first kappa shape index (κ1) is 28.7. The highest BCUT2D eigenvalue weighted by Crippen LogP contribution is 2.28. The maximum Gasteiger partial charge on any atom is 0.331 e. The van der Waals surface area contributed by atoms with Gasteiger partial charge in [-0.25, -0.2) is 4.79 Å². The number of likely N-dealkylation sites (N-methyl/N-ethyl adjacent to an activating group) is 2. The number of amides is 2. The number of carbonyl (C=O) groups is 2. The summed E-state index contributed by atoms with van der Waals surface area (Å²) in [4.78, 5) is 29.7. The molecule has 0 bridgehead atoms. The van der Waals surface area contributed by atoms with Crippen molar-refractivity contribution >= 4 is 33.2 Å². The Hall–Kier alpha value is -2.88. The topological polar surface area (TPSA) is 115 Å². The van der Waals surface area contributed by atoms with Crippen molar-refractivity contribution in [2.45, 2.75) is 57.0 Å². The number of aliphatic hydroxyl groups excluding tert-OH is 1. The molecule has 3 atom stereocenters. The third-order valence-corrected chi connectivity index (χ3v) is 7.59. The summed E-state index contributed by atoms with van der Waals surface area (Å²) in [6, 6.07) is 16.3. The quantitative estimate of drug-likeness (QED) is 0.249. The van der Waals surface area contributed by atoms with E-state index in [4.69, 9.17) is 5.73 Å². The summed E-state index contributed by atoms with van der Waals surface area (Å²) in [6.07, 6.45) is 3.84. The van der Waals surface area contributed by atoms with Crippen LogP contribution in [0, 0.1) is 0 Å². The van der Waals surface area contributed by atoms with Crippen molar-refractivity contribution < 1.29 is 20.4 Å². The summed E-state index contributed by atoms with van der Waals surface area (Å²) in [6.45, 7) is 3.83. The number of rotatable bonds is 12. The third-order valence-electron chi connectivity index (χ3n) is 6.58. The Labute approximate surface area is 223 Å². The Morgan fingerprint density at radius 3 is 2.35 bits per heavy atom. The largest absolute Gasteiger partial charge is 0.375 e. The highest BCUT2D eigenvalue weighted by molar-refractivity contribution is 7.17. The summed E-state index contributed by atoms with van der Waals surface area (Å²) in [5.41, 5.74) is 11.3. The van der Waals surface area contributed by atoms with E-state index in [1.165, 1.54) is 4.90 Å². The molecular weight excluding hydrogens is 484 g/mol. The Balaban J connectivity index is 1.90. The number of carbonyl (C=O) groups excluding carboxylic acids is 2. The van der Waals surface area contributed by atoms with Crippen LogP contribution in [0.3, 0.4) is 0 Å². The number of hydrogen-bond donors (Lipinski definition) is 3. The van der Waals surface area contributed by atoms with Crippen molar-refractivity contribution in [1.82, 2.24) is 9.80 Å². The van der Waals surface area contributed by atoms with Crippen LogP contribution in [0.4, 0.5) is 0 Å². The second kappa shape index (κ2) is 12.6. The predicted octanol–water partition coefficient (Wildman–Crippen LogP) is 2.58. The second-order valence-corrected chi connectivity index (χ2v) is 11.2. The number of fused-ring (bicyclic) bond motifs is 1. The summed E-state index contributed by atoms with van der Waals surface area (Å²) >= 11 is 1.63. The van der Waals surface area contributed by atoms with E-state index in [-0.39, 0.29) is 11.8 Å². The molecule has 6 N–H and O–H groups in total. The van der Waals surface area contributed by atoms with Gasteiger partial charge in [-0.05, 0) is 67.8 Å². The summed E-state index contributed by atoms with van der Waals surface area (Å²) in [5.74, 6) is -0.574. The number of nitrogens with two attached hydrogens (primary N) is 1. The highest BCUT2D eigenvalue weighted by atomic mass is 32.1. The molecule has 8 heteroatoms. The number of benzene rings is 2. The normalized spacial score (nSPS) is 14.7. The molecule has 0 saturated carbocycles. The SMILES string of the molecule is CN(C(=O)C(Cc1csc2ccccc12)N(C)C(O)C=CCC(C)(C)N)C(Cc1ccccc1)C([NH3+])=O. The average Bonchev–Trinajstić information content (AvgIpc) is 3.27. The van der Waals surface area contributed by atoms with E-state index in [0.717, 1.165) is 21.2 Å². The Morgan fingerprint density at radius 1 is 1.05 bits per heavy atom. The third kappa shape index (κ3) is 7.80. The van der Waals surface area contributed by atoms with Gasteiger partial charge in [0, 0.05) is 23.7 Å². The van der Waals surface area contributed by atoms with E-state index in [0.29, 0.717) is 19.3 Å². The highest BCUT2D eigenvalue weighted by Gasteiger charge is 2.35. The van der Waals surface area contributed by atoms with E-state index in [9.17, 15) is 14.7 Å². The average molecular weight is 524 g/mol. The molecule has 3 rings (SSSR count). The maximum absolute atomic E-state index is 14.0. The molecule has 198 valence electrons. The van der Waals surface area contributed by atoms with Crippen molar-refractivity contribution in [3.8, 4) is 0 Å². The molecule has 3 aromatic rings. The van der Waals surface area contributed by atoms with Crippen LogP contribution < -0.4 is 11.5 Å². The zero-order valence-corrected chi connectivity index (χ0v) is 22.9. The molecule has 2 aromatic carbocycles. The fraction of sp³-hybridized carbons (Fsp3) is 0.379. The number of aliphatic hydroxyl groups is 1. The molecule has 0 saturated heterocycles. The van der Waals surface area contributed by atoms with Gasteiger partial charge in [-0.3, -0.25) is 15.4 Å². The van der Waals surface area contributed by atoms with E-state index >= 15 is 0 Å². The van der Waals surface area contributed by atoms with Crippen molar-refractivity contribution in [1.29, 1.82) is 0 Å². The first-order valence-electron chi connectivity index (χ1n) is 12.4. The fourth-order valence-electron chi connectivity index (χ4n) is 4.31. The van der Waals surface area contributed by atoms with Crippen LogP contribution in [0.25, 0.3) is 10.1 Å². The van der Waals surface area contributed by atoms with Gasteiger partial charge in [-0.1, -0.05) is 54.6 Å². The van der Waals surface area contributed by atoms with Crippen LogP contribution in [-0.4, -0.2) is 64.7 Å². The molecule has 0 fully saturated rings. The lowest BCUT2D eigenvalue weighted by Gasteiger charge is -2.34. The van der Waals surface area contributed by atoms with Crippen LogP contribution in [0.5, 0.6) is 0 Å². The molecule has 0 aliphatic rings. The van der Waals surface area contributed by atoms with E-state index in [1.807, 2.05) is 68.5 Å². The molecule has 2 amide bonds. The molecule has 1 aromatic heterocycles. The molecule has 0 radical (unpaired) electrons. The summed E-state index contributed by atoms with van der Waals surface area (Å²) in [7, 11) is 3.37. The predicted molar refractivity (Wildman–Crippen MR) is 150 cm³/mol. The minimum absolute atomic E-state index is 0.248. The summed E-state index contributed by atoms with van der Waals surface area (Å²) < 4.78 is 1.14. The smallest absolute Gasteiger partial charge is 0.331 e. The minimum atomic E-state index is -1.00. The van der Waals surface area contributed by atoms with Gasteiger partial charge < -0.3 is 15.7 Å². The van der Waals surface area contributed by atoms with Gasteiger partial charge in [-0.2, -0.15) is 0 Å². The van der Waals surface area contributed by atoms with Crippen molar-refractivity contribution in [2.75, 3.05) is 14.1 Å².